The fourth-order valence-corrected chi connectivity index (χ4v) is 2.00. The lowest BCUT2D eigenvalue weighted by molar-refractivity contribution is 0.348. The zero-order valence-corrected chi connectivity index (χ0v) is 11.7. The maximum Gasteiger partial charge on any atom is 0.187 e. The number of nitrogens with zero attached hydrogens (tertiary/aromatic N) is 2. The summed E-state index contributed by atoms with van der Waals surface area (Å²) in [7, 11) is 4.66. The molecule has 0 radical (unpaired) electrons. The van der Waals surface area contributed by atoms with Crippen LogP contribution in [0.2, 0.25) is 0 Å². The third-order valence-corrected chi connectivity index (χ3v) is 2.91. The Morgan fingerprint density at radius 3 is 2.20 bits per heavy atom. The molecule has 6 nitrogen and oxygen atoms in total. The molecule has 0 aliphatic heterocycles. The largest absolute Gasteiger partial charge is 0.494 e. The molecule has 0 aliphatic carbocycles. The normalized spacial score (nSPS) is 10.2. The van der Waals surface area contributed by atoms with E-state index in [0.717, 1.165) is 5.56 Å². The van der Waals surface area contributed by atoms with Crippen LogP contribution < -0.4 is 19.9 Å². The number of hydrogen-bond acceptors (Lipinski definition) is 6. The monoisotopic (exact) mass is 275 g/mol. The van der Waals surface area contributed by atoms with Gasteiger partial charge in [0.05, 0.1) is 21.3 Å². The Morgan fingerprint density at radius 2 is 1.65 bits per heavy atom. The van der Waals surface area contributed by atoms with Gasteiger partial charge in [-0.3, -0.25) is 0 Å². The van der Waals surface area contributed by atoms with E-state index in [1.165, 1.54) is 7.11 Å². The third-order valence-electron chi connectivity index (χ3n) is 2.91. The molecule has 0 spiro atoms. The van der Waals surface area contributed by atoms with E-state index in [2.05, 4.69) is 9.97 Å². The highest BCUT2D eigenvalue weighted by Gasteiger charge is 2.19. The smallest absolute Gasteiger partial charge is 0.187 e. The Balaban J connectivity index is 2.51. The molecule has 2 N–H and O–H groups in total. The summed E-state index contributed by atoms with van der Waals surface area (Å²) >= 11 is 0. The molecule has 1 aromatic carbocycles. The molecule has 1 heterocycles. The summed E-state index contributed by atoms with van der Waals surface area (Å²) in [4.78, 5) is 8.41. The molecule has 0 bridgehead atoms. The summed E-state index contributed by atoms with van der Waals surface area (Å²) in [5.74, 6) is 2.24. The van der Waals surface area contributed by atoms with Crippen molar-refractivity contribution < 1.29 is 14.2 Å². The standard InChI is InChI=1S/C14H17N3O3/c1-18-10-7-9(8-11-16-5-4-6-17-11)13(19-2)14(20-3)12(10)15/h4-7H,8,15H2,1-3H3. The zero-order chi connectivity index (χ0) is 14.5. The molecule has 0 fully saturated rings. The van der Waals surface area contributed by atoms with Crippen LogP contribution in [0, 0.1) is 0 Å². The fraction of sp³-hybridized carbons (Fsp3) is 0.286. The third kappa shape index (κ3) is 2.59. The Kier molecular flexibility index (Phi) is 4.24. The van der Waals surface area contributed by atoms with Crippen LogP contribution in [-0.4, -0.2) is 31.3 Å². The van der Waals surface area contributed by atoms with Crippen LogP contribution in [0.4, 0.5) is 5.69 Å². The van der Waals surface area contributed by atoms with Gasteiger partial charge in [-0.1, -0.05) is 0 Å². The van der Waals surface area contributed by atoms with E-state index in [9.17, 15) is 0 Å². The summed E-state index contributed by atoms with van der Waals surface area (Å²) in [6.45, 7) is 0. The second-order valence-electron chi connectivity index (χ2n) is 4.06. The summed E-state index contributed by atoms with van der Waals surface area (Å²) in [5, 5.41) is 0. The van der Waals surface area contributed by atoms with E-state index >= 15 is 0 Å². The molecule has 0 unspecified atom stereocenters. The SMILES string of the molecule is COc1cc(Cc2ncccn2)c(OC)c(OC)c1N. The molecule has 0 aliphatic rings. The van der Waals surface area contributed by atoms with E-state index in [-0.39, 0.29) is 0 Å². The Bertz CT molecular complexity index is 588. The minimum Gasteiger partial charge on any atom is -0.494 e. The number of nitrogens with two attached hydrogens (primary N) is 1. The van der Waals surface area contributed by atoms with E-state index in [0.29, 0.717) is 35.2 Å². The van der Waals surface area contributed by atoms with Crippen molar-refractivity contribution in [2.75, 3.05) is 27.1 Å². The molecule has 0 saturated carbocycles. The van der Waals surface area contributed by atoms with Crippen LogP contribution in [-0.2, 0) is 6.42 Å². The first-order valence-electron chi connectivity index (χ1n) is 6.04. The van der Waals surface area contributed by atoms with Crippen molar-refractivity contribution in [3.05, 3.63) is 35.9 Å². The van der Waals surface area contributed by atoms with Gasteiger partial charge in [0.25, 0.3) is 0 Å². The van der Waals surface area contributed by atoms with Gasteiger partial charge >= 0.3 is 0 Å². The van der Waals surface area contributed by atoms with Gasteiger partial charge in [0.15, 0.2) is 11.5 Å². The summed E-state index contributed by atoms with van der Waals surface area (Å²) < 4.78 is 16.0. The predicted octanol–water partition coefficient (Wildman–Crippen LogP) is 1.68. The van der Waals surface area contributed by atoms with Crippen molar-refractivity contribution in [3.8, 4) is 17.2 Å². The first kappa shape index (κ1) is 13.9. The Hall–Kier alpha value is -2.50. The molecule has 0 saturated heterocycles. The summed E-state index contributed by atoms with van der Waals surface area (Å²) in [6.07, 6.45) is 3.89. The van der Waals surface area contributed by atoms with Crippen LogP contribution >= 0.6 is 0 Å². The lowest BCUT2D eigenvalue weighted by Crippen LogP contribution is -2.04. The molecule has 6 heteroatoms. The van der Waals surface area contributed by atoms with Gasteiger partial charge in [-0.2, -0.15) is 0 Å². The van der Waals surface area contributed by atoms with Crippen LogP contribution in [0.15, 0.2) is 24.5 Å². The molecular weight excluding hydrogens is 258 g/mol. The number of hydrogen-bond donors (Lipinski definition) is 1. The van der Waals surface area contributed by atoms with E-state index in [1.807, 2.05) is 6.07 Å². The molecule has 2 aromatic rings. The second kappa shape index (κ2) is 6.10. The number of anilines is 1. The van der Waals surface area contributed by atoms with Gasteiger partial charge in [0.1, 0.15) is 17.3 Å². The molecular formula is C14H17N3O3. The number of benzene rings is 1. The average molecular weight is 275 g/mol. The average Bonchev–Trinajstić information content (AvgIpc) is 2.49. The second-order valence-corrected chi connectivity index (χ2v) is 4.06. The topological polar surface area (TPSA) is 79.5 Å². The number of nitrogen functional groups attached to an aromatic ring is 1. The summed E-state index contributed by atoms with van der Waals surface area (Å²) in [5.41, 5.74) is 7.24. The van der Waals surface area contributed by atoms with Crippen molar-refractivity contribution in [2.24, 2.45) is 0 Å². The van der Waals surface area contributed by atoms with Crippen LogP contribution in [0.5, 0.6) is 17.2 Å². The molecule has 20 heavy (non-hydrogen) atoms. The van der Waals surface area contributed by atoms with Gasteiger partial charge in [-0.05, 0) is 12.1 Å². The van der Waals surface area contributed by atoms with Crippen LogP contribution in [0.3, 0.4) is 0 Å². The molecule has 0 atom stereocenters. The maximum atomic E-state index is 5.98. The first-order chi connectivity index (χ1) is 9.71. The summed E-state index contributed by atoms with van der Waals surface area (Å²) in [6, 6.07) is 3.58. The van der Waals surface area contributed by atoms with E-state index < -0.39 is 0 Å². The molecule has 106 valence electrons. The highest BCUT2D eigenvalue weighted by molar-refractivity contribution is 5.71. The van der Waals surface area contributed by atoms with Crippen LogP contribution in [0.25, 0.3) is 0 Å². The minimum absolute atomic E-state index is 0.407. The predicted molar refractivity (Wildman–Crippen MR) is 75.3 cm³/mol. The number of methoxy groups -OCH3 is 3. The van der Waals surface area contributed by atoms with Crippen molar-refractivity contribution in [2.45, 2.75) is 6.42 Å². The quantitative estimate of drug-likeness (QED) is 0.836. The fourth-order valence-electron chi connectivity index (χ4n) is 2.00. The Labute approximate surface area is 117 Å². The van der Waals surface area contributed by atoms with Gasteiger partial charge in [0, 0.05) is 24.4 Å². The molecule has 1 aromatic heterocycles. The molecule has 2 rings (SSSR count). The van der Waals surface area contributed by atoms with Crippen molar-refractivity contribution in [1.82, 2.24) is 9.97 Å². The number of aromatic nitrogens is 2. The van der Waals surface area contributed by atoms with Crippen molar-refractivity contribution in [3.63, 3.8) is 0 Å². The van der Waals surface area contributed by atoms with Crippen molar-refractivity contribution >= 4 is 5.69 Å². The molecule has 0 amide bonds. The lowest BCUT2D eigenvalue weighted by atomic mass is 10.1. The van der Waals surface area contributed by atoms with Crippen LogP contribution in [0.1, 0.15) is 11.4 Å². The number of rotatable bonds is 5. The Morgan fingerprint density at radius 1 is 1.00 bits per heavy atom. The van der Waals surface area contributed by atoms with Crippen molar-refractivity contribution in [1.29, 1.82) is 0 Å². The van der Waals surface area contributed by atoms with E-state index in [4.69, 9.17) is 19.9 Å². The number of ether oxygens (including phenoxy) is 3. The van der Waals surface area contributed by atoms with Gasteiger partial charge in [-0.25, -0.2) is 9.97 Å². The van der Waals surface area contributed by atoms with Gasteiger partial charge in [0.2, 0.25) is 0 Å². The highest BCUT2D eigenvalue weighted by Crippen LogP contribution is 2.43. The highest BCUT2D eigenvalue weighted by atomic mass is 16.5. The minimum atomic E-state index is 0.407. The van der Waals surface area contributed by atoms with Gasteiger partial charge < -0.3 is 19.9 Å². The first-order valence-corrected chi connectivity index (χ1v) is 6.04. The lowest BCUT2D eigenvalue weighted by Gasteiger charge is -2.17. The van der Waals surface area contributed by atoms with Gasteiger partial charge in [-0.15, -0.1) is 0 Å². The van der Waals surface area contributed by atoms with E-state index in [1.54, 1.807) is 32.7 Å². The maximum absolute atomic E-state index is 5.98. The zero-order valence-electron chi connectivity index (χ0n) is 11.7.